The number of carbonyl (C=O) groups is 1. The van der Waals surface area contributed by atoms with Crippen molar-refractivity contribution in [3.63, 3.8) is 0 Å². The number of hydrogen-bond donors (Lipinski definition) is 0. The first-order valence-corrected chi connectivity index (χ1v) is 12.0. The summed E-state index contributed by atoms with van der Waals surface area (Å²) in [5.41, 5.74) is 1.70. The SMILES string of the molecule is CCOC(=O)C[C@@H]1CCN(CCCCOC(c2ccc(F)cc2)c2ccc(F)cc2)C[C@H]1C. The van der Waals surface area contributed by atoms with Crippen LogP contribution in [0.3, 0.4) is 0 Å². The lowest BCUT2D eigenvalue weighted by Gasteiger charge is -2.36. The number of likely N-dealkylation sites (tertiary alicyclic amines) is 1. The molecule has 0 radical (unpaired) electrons. The third-order valence-corrected chi connectivity index (χ3v) is 6.40. The van der Waals surface area contributed by atoms with E-state index in [-0.39, 0.29) is 23.7 Å². The maximum Gasteiger partial charge on any atom is 0.306 e. The van der Waals surface area contributed by atoms with Gasteiger partial charge in [0.15, 0.2) is 0 Å². The zero-order valence-corrected chi connectivity index (χ0v) is 19.6. The highest BCUT2D eigenvalue weighted by molar-refractivity contribution is 5.69. The standard InChI is InChI=1S/C27H35F2NO3/c1-3-32-26(31)18-23-14-16-30(19-20(23)2)15-4-5-17-33-27(21-6-10-24(28)11-7-21)22-8-12-25(29)13-9-22/h6-13,20,23,27H,3-5,14-19H2,1-2H3/t20-,23+/m1/s1. The predicted molar refractivity (Wildman–Crippen MR) is 125 cm³/mol. The number of carbonyl (C=O) groups excluding carboxylic acids is 1. The van der Waals surface area contributed by atoms with Gasteiger partial charge in [0.1, 0.15) is 17.7 Å². The molecule has 1 aliphatic rings. The third-order valence-electron chi connectivity index (χ3n) is 6.40. The van der Waals surface area contributed by atoms with Gasteiger partial charge in [-0.05, 0) is 86.5 Å². The molecular weight excluding hydrogens is 424 g/mol. The summed E-state index contributed by atoms with van der Waals surface area (Å²) in [6, 6.07) is 12.5. The Hall–Kier alpha value is -2.31. The first kappa shape index (κ1) is 25.3. The molecule has 0 unspecified atom stereocenters. The molecule has 180 valence electrons. The highest BCUT2D eigenvalue weighted by Gasteiger charge is 2.28. The minimum Gasteiger partial charge on any atom is -0.466 e. The molecule has 4 nitrogen and oxygen atoms in total. The van der Waals surface area contributed by atoms with Crippen LogP contribution in [0.15, 0.2) is 48.5 Å². The van der Waals surface area contributed by atoms with Crippen molar-refractivity contribution in [1.29, 1.82) is 0 Å². The van der Waals surface area contributed by atoms with E-state index in [2.05, 4.69) is 11.8 Å². The van der Waals surface area contributed by atoms with Gasteiger partial charge in [-0.15, -0.1) is 0 Å². The number of unbranched alkanes of at least 4 members (excludes halogenated alkanes) is 1. The van der Waals surface area contributed by atoms with Crippen LogP contribution >= 0.6 is 0 Å². The first-order chi connectivity index (χ1) is 16.0. The molecular formula is C27H35F2NO3. The molecule has 3 rings (SSSR count). The molecule has 1 heterocycles. The molecule has 0 saturated carbocycles. The van der Waals surface area contributed by atoms with Crippen molar-refractivity contribution in [2.75, 3.05) is 32.8 Å². The van der Waals surface area contributed by atoms with Gasteiger partial charge in [-0.2, -0.15) is 0 Å². The Bertz CT molecular complexity index is 811. The van der Waals surface area contributed by atoms with Crippen LogP contribution in [0.4, 0.5) is 8.78 Å². The second-order valence-corrected chi connectivity index (χ2v) is 8.90. The van der Waals surface area contributed by atoms with Crippen molar-refractivity contribution in [2.24, 2.45) is 11.8 Å². The van der Waals surface area contributed by atoms with Gasteiger partial charge in [-0.3, -0.25) is 4.79 Å². The van der Waals surface area contributed by atoms with Crippen molar-refractivity contribution in [2.45, 2.75) is 45.6 Å². The number of ether oxygens (including phenoxy) is 2. The van der Waals surface area contributed by atoms with E-state index in [0.29, 0.717) is 31.5 Å². The van der Waals surface area contributed by atoms with E-state index in [4.69, 9.17) is 9.47 Å². The predicted octanol–water partition coefficient (Wildman–Crippen LogP) is 5.76. The Balaban J connectivity index is 1.44. The van der Waals surface area contributed by atoms with Crippen molar-refractivity contribution in [3.05, 3.63) is 71.3 Å². The number of hydrogen-bond acceptors (Lipinski definition) is 4. The van der Waals surface area contributed by atoms with Gasteiger partial charge < -0.3 is 14.4 Å². The van der Waals surface area contributed by atoms with E-state index < -0.39 is 0 Å². The summed E-state index contributed by atoms with van der Waals surface area (Å²) in [5.74, 6) is 0.196. The maximum absolute atomic E-state index is 13.4. The van der Waals surface area contributed by atoms with E-state index in [9.17, 15) is 13.6 Å². The van der Waals surface area contributed by atoms with Crippen LogP contribution in [0.1, 0.15) is 56.8 Å². The van der Waals surface area contributed by atoms with E-state index in [1.807, 2.05) is 6.92 Å². The lowest BCUT2D eigenvalue weighted by Crippen LogP contribution is -2.40. The fraction of sp³-hybridized carbons (Fsp3) is 0.519. The van der Waals surface area contributed by atoms with Gasteiger partial charge in [0.05, 0.1) is 6.61 Å². The largest absolute Gasteiger partial charge is 0.466 e. The highest BCUT2D eigenvalue weighted by atomic mass is 19.1. The van der Waals surface area contributed by atoms with Crippen molar-refractivity contribution in [1.82, 2.24) is 4.90 Å². The molecule has 2 aromatic rings. The van der Waals surface area contributed by atoms with Crippen LogP contribution in [0.25, 0.3) is 0 Å². The molecule has 33 heavy (non-hydrogen) atoms. The Labute approximate surface area is 195 Å². The van der Waals surface area contributed by atoms with Crippen molar-refractivity contribution in [3.8, 4) is 0 Å². The number of benzene rings is 2. The number of halogens is 2. The van der Waals surface area contributed by atoms with Crippen LogP contribution in [0.5, 0.6) is 0 Å². The van der Waals surface area contributed by atoms with E-state index >= 15 is 0 Å². The summed E-state index contributed by atoms with van der Waals surface area (Å²) in [6.07, 6.45) is 3.09. The van der Waals surface area contributed by atoms with E-state index in [1.54, 1.807) is 24.3 Å². The van der Waals surface area contributed by atoms with Crippen LogP contribution in [-0.2, 0) is 14.3 Å². The van der Waals surface area contributed by atoms with Crippen molar-refractivity contribution >= 4 is 5.97 Å². The minimum absolute atomic E-state index is 0.0863. The molecule has 1 aliphatic heterocycles. The van der Waals surface area contributed by atoms with E-state index in [1.165, 1.54) is 24.3 Å². The maximum atomic E-state index is 13.4. The lowest BCUT2D eigenvalue weighted by molar-refractivity contribution is -0.145. The number of nitrogens with zero attached hydrogens (tertiary/aromatic N) is 1. The number of rotatable bonds is 11. The zero-order valence-electron chi connectivity index (χ0n) is 19.6. The molecule has 0 N–H and O–H groups in total. The molecule has 2 atom stereocenters. The quantitative estimate of drug-likeness (QED) is 0.316. The summed E-state index contributed by atoms with van der Waals surface area (Å²) < 4.78 is 38.0. The Morgan fingerprint density at radius 1 is 1.03 bits per heavy atom. The van der Waals surface area contributed by atoms with Gasteiger partial charge >= 0.3 is 5.97 Å². The van der Waals surface area contributed by atoms with E-state index in [0.717, 1.165) is 50.0 Å². The Kier molecular flexibility index (Phi) is 9.82. The van der Waals surface area contributed by atoms with Crippen LogP contribution < -0.4 is 0 Å². The molecule has 0 aromatic heterocycles. The lowest BCUT2D eigenvalue weighted by atomic mass is 9.84. The molecule has 1 fully saturated rings. The van der Waals surface area contributed by atoms with Gasteiger partial charge in [0, 0.05) is 19.6 Å². The van der Waals surface area contributed by atoms with Crippen LogP contribution in [0.2, 0.25) is 0 Å². The number of esters is 1. The fourth-order valence-electron chi connectivity index (χ4n) is 4.52. The molecule has 1 saturated heterocycles. The minimum atomic E-state index is -0.357. The van der Waals surface area contributed by atoms with Gasteiger partial charge in [-0.1, -0.05) is 31.2 Å². The molecule has 0 spiro atoms. The molecule has 0 amide bonds. The first-order valence-electron chi connectivity index (χ1n) is 12.0. The summed E-state index contributed by atoms with van der Waals surface area (Å²) in [4.78, 5) is 14.3. The molecule has 2 aromatic carbocycles. The van der Waals surface area contributed by atoms with Crippen LogP contribution in [-0.4, -0.2) is 43.7 Å². The number of piperidine rings is 1. The summed E-state index contributed by atoms with van der Waals surface area (Å²) in [6.45, 7) is 8.06. The van der Waals surface area contributed by atoms with Crippen molar-refractivity contribution < 1.29 is 23.0 Å². The smallest absolute Gasteiger partial charge is 0.306 e. The van der Waals surface area contributed by atoms with Crippen LogP contribution in [0, 0.1) is 23.5 Å². The normalized spacial score (nSPS) is 19.1. The molecule has 6 heteroatoms. The van der Waals surface area contributed by atoms with Gasteiger partial charge in [0.2, 0.25) is 0 Å². The topological polar surface area (TPSA) is 38.8 Å². The zero-order chi connectivity index (χ0) is 23.6. The summed E-state index contributed by atoms with van der Waals surface area (Å²) in [7, 11) is 0. The summed E-state index contributed by atoms with van der Waals surface area (Å²) >= 11 is 0. The van der Waals surface area contributed by atoms with Gasteiger partial charge in [0.25, 0.3) is 0 Å². The monoisotopic (exact) mass is 459 g/mol. The molecule has 0 aliphatic carbocycles. The average molecular weight is 460 g/mol. The fourth-order valence-corrected chi connectivity index (χ4v) is 4.52. The second kappa shape index (κ2) is 12.8. The Morgan fingerprint density at radius 3 is 2.18 bits per heavy atom. The third kappa shape index (κ3) is 7.90. The second-order valence-electron chi connectivity index (χ2n) is 8.90. The summed E-state index contributed by atoms with van der Waals surface area (Å²) in [5, 5.41) is 0. The average Bonchev–Trinajstić information content (AvgIpc) is 2.80. The van der Waals surface area contributed by atoms with Gasteiger partial charge in [-0.25, -0.2) is 8.78 Å². The Morgan fingerprint density at radius 2 is 1.64 bits per heavy atom. The highest BCUT2D eigenvalue weighted by Crippen LogP contribution is 2.28. The molecule has 0 bridgehead atoms.